The monoisotopic (exact) mass is 558 g/mol. The van der Waals surface area contributed by atoms with Gasteiger partial charge in [0, 0.05) is 27.9 Å². The zero-order valence-corrected chi connectivity index (χ0v) is 21.1. The number of nitrogens with one attached hydrogen (secondary N) is 2. The first-order valence-corrected chi connectivity index (χ1v) is 11.6. The number of anilines is 3. The predicted molar refractivity (Wildman–Crippen MR) is 137 cm³/mol. The molecule has 9 nitrogen and oxygen atoms in total. The highest BCUT2D eigenvalue weighted by atomic mass is 35.5. The number of imide groups is 1. The largest absolute Gasteiger partial charge is 0.545 e. The third-order valence-corrected chi connectivity index (χ3v) is 6.17. The summed E-state index contributed by atoms with van der Waals surface area (Å²) < 4.78 is 5.02. The number of carbonyl (C=O) groups excluding carboxylic acids is 4. The van der Waals surface area contributed by atoms with Crippen molar-refractivity contribution in [1.82, 2.24) is 0 Å². The van der Waals surface area contributed by atoms with Crippen LogP contribution in [0.2, 0.25) is 10.0 Å². The first-order valence-electron chi connectivity index (χ1n) is 10.4. The zero-order chi connectivity index (χ0) is 26.9. The van der Waals surface area contributed by atoms with Gasteiger partial charge in [-0.25, -0.2) is 4.90 Å². The second-order valence-electron chi connectivity index (χ2n) is 7.59. The van der Waals surface area contributed by atoms with Crippen molar-refractivity contribution in [3.8, 4) is 5.75 Å². The highest BCUT2D eigenvalue weighted by Gasteiger charge is 2.39. The molecule has 3 aromatic carbocycles. The van der Waals surface area contributed by atoms with Gasteiger partial charge in [0.05, 0.1) is 29.5 Å². The topological polar surface area (TPSA) is 128 Å². The number of carboxylic acids is 1. The summed E-state index contributed by atoms with van der Waals surface area (Å²) in [5.74, 6) is -3.43. The van der Waals surface area contributed by atoms with Gasteiger partial charge in [-0.2, -0.15) is 0 Å². The second-order valence-corrected chi connectivity index (χ2v) is 8.81. The van der Waals surface area contributed by atoms with E-state index in [4.69, 9.17) is 39.5 Å². The van der Waals surface area contributed by atoms with Crippen LogP contribution in [0.15, 0.2) is 71.4 Å². The molecule has 1 heterocycles. The van der Waals surface area contributed by atoms with Crippen molar-refractivity contribution >= 4 is 75.6 Å². The molecule has 3 aromatic rings. The van der Waals surface area contributed by atoms with E-state index in [2.05, 4.69) is 10.6 Å². The van der Waals surface area contributed by atoms with E-state index in [1.54, 1.807) is 18.2 Å². The number of halogens is 3. The SMILES string of the molecule is COc1cc(NC(=O)c2ccc(NC3=C(Cl)C(=O)N(c4cccc(Cl)c4)C3=O)cc2)c(Cl)cc1C(=O)[O-]. The van der Waals surface area contributed by atoms with Gasteiger partial charge in [-0.1, -0.05) is 40.9 Å². The molecule has 0 bridgehead atoms. The zero-order valence-electron chi connectivity index (χ0n) is 18.8. The van der Waals surface area contributed by atoms with Gasteiger partial charge < -0.3 is 25.3 Å². The Morgan fingerprint density at radius 1 is 0.946 bits per heavy atom. The number of hydrogen-bond acceptors (Lipinski definition) is 7. The summed E-state index contributed by atoms with van der Waals surface area (Å²) >= 11 is 18.2. The van der Waals surface area contributed by atoms with E-state index in [-0.39, 0.29) is 44.0 Å². The summed E-state index contributed by atoms with van der Waals surface area (Å²) in [4.78, 5) is 50.3. The standard InChI is InChI=1S/C25H16Cl3N3O6/c1-37-19-11-18(17(27)10-16(19)25(35)36)30-22(32)12-5-7-14(8-6-12)29-21-20(28)23(33)31(24(21)34)15-4-2-3-13(26)9-15/h2-11,29H,1H3,(H,30,32)(H,35,36)/p-1. The lowest BCUT2D eigenvalue weighted by Gasteiger charge is -2.15. The number of carboxylic acid groups (broad SMARTS) is 1. The Morgan fingerprint density at radius 3 is 2.27 bits per heavy atom. The van der Waals surface area contributed by atoms with Gasteiger partial charge in [-0.05, 0) is 48.5 Å². The van der Waals surface area contributed by atoms with Crippen molar-refractivity contribution in [3.05, 3.63) is 92.6 Å². The predicted octanol–water partition coefficient (Wildman–Crippen LogP) is 4.05. The lowest BCUT2D eigenvalue weighted by molar-refractivity contribution is -0.255. The van der Waals surface area contributed by atoms with E-state index < -0.39 is 23.7 Å². The first kappa shape index (κ1) is 26.0. The van der Waals surface area contributed by atoms with E-state index >= 15 is 0 Å². The van der Waals surface area contributed by atoms with Gasteiger partial charge in [-0.3, -0.25) is 14.4 Å². The molecule has 0 fully saturated rings. The van der Waals surface area contributed by atoms with Crippen LogP contribution in [0, 0.1) is 0 Å². The number of ether oxygens (including phenoxy) is 1. The highest BCUT2D eigenvalue weighted by molar-refractivity contribution is 6.53. The molecular formula is C25H15Cl3N3O6-. The molecular weight excluding hydrogens is 545 g/mol. The Bertz CT molecular complexity index is 1490. The Balaban J connectivity index is 1.49. The lowest BCUT2D eigenvalue weighted by Crippen LogP contribution is -2.32. The first-order chi connectivity index (χ1) is 17.6. The van der Waals surface area contributed by atoms with Crippen LogP contribution in [0.1, 0.15) is 20.7 Å². The van der Waals surface area contributed by atoms with Crippen LogP contribution >= 0.6 is 34.8 Å². The summed E-state index contributed by atoms with van der Waals surface area (Å²) in [7, 11) is 1.27. The number of rotatable bonds is 7. The van der Waals surface area contributed by atoms with Crippen LogP contribution in [-0.4, -0.2) is 30.8 Å². The van der Waals surface area contributed by atoms with Crippen LogP contribution in [0.4, 0.5) is 17.1 Å². The van der Waals surface area contributed by atoms with Gasteiger partial charge in [0.2, 0.25) is 0 Å². The molecule has 4 rings (SSSR count). The molecule has 0 spiro atoms. The number of nitrogens with zero attached hydrogens (tertiary/aromatic N) is 1. The molecule has 188 valence electrons. The van der Waals surface area contributed by atoms with Gasteiger partial charge in [0.25, 0.3) is 17.7 Å². The maximum atomic E-state index is 12.9. The molecule has 1 aliphatic heterocycles. The molecule has 1 aliphatic rings. The van der Waals surface area contributed by atoms with Crippen LogP contribution in [-0.2, 0) is 9.59 Å². The molecule has 0 atom stereocenters. The normalized spacial score (nSPS) is 13.1. The van der Waals surface area contributed by atoms with Crippen molar-refractivity contribution in [2.45, 2.75) is 0 Å². The van der Waals surface area contributed by atoms with E-state index in [1.165, 1.54) is 43.5 Å². The molecule has 3 amide bonds. The number of methoxy groups -OCH3 is 1. The van der Waals surface area contributed by atoms with E-state index in [0.717, 1.165) is 11.0 Å². The molecule has 2 N–H and O–H groups in total. The average Bonchev–Trinajstić information content (AvgIpc) is 3.08. The number of aromatic carboxylic acids is 1. The minimum atomic E-state index is -1.48. The number of amides is 3. The second kappa shape index (κ2) is 10.5. The maximum absolute atomic E-state index is 12.9. The molecule has 37 heavy (non-hydrogen) atoms. The smallest absolute Gasteiger partial charge is 0.283 e. The van der Waals surface area contributed by atoms with Gasteiger partial charge in [0.1, 0.15) is 16.5 Å². The Hall–Kier alpha value is -4.05. The number of benzene rings is 3. The minimum absolute atomic E-state index is 0.0260. The van der Waals surface area contributed by atoms with Crippen LogP contribution in [0.3, 0.4) is 0 Å². The summed E-state index contributed by atoms with van der Waals surface area (Å²) in [6.07, 6.45) is 0. The van der Waals surface area contributed by atoms with Crippen LogP contribution in [0.5, 0.6) is 5.75 Å². The van der Waals surface area contributed by atoms with Crippen molar-refractivity contribution in [1.29, 1.82) is 0 Å². The van der Waals surface area contributed by atoms with Crippen molar-refractivity contribution in [2.24, 2.45) is 0 Å². The fourth-order valence-corrected chi connectivity index (χ4v) is 4.09. The van der Waals surface area contributed by atoms with Crippen molar-refractivity contribution in [2.75, 3.05) is 22.6 Å². The molecule has 0 radical (unpaired) electrons. The molecule has 0 saturated heterocycles. The highest BCUT2D eigenvalue weighted by Crippen LogP contribution is 2.32. The lowest BCUT2D eigenvalue weighted by atomic mass is 10.1. The molecule has 0 aromatic heterocycles. The maximum Gasteiger partial charge on any atom is 0.283 e. The molecule has 0 unspecified atom stereocenters. The van der Waals surface area contributed by atoms with Crippen molar-refractivity contribution in [3.63, 3.8) is 0 Å². The van der Waals surface area contributed by atoms with Crippen LogP contribution in [0.25, 0.3) is 0 Å². The van der Waals surface area contributed by atoms with E-state index in [0.29, 0.717) is 10.7 Å². The Labute approximate surface area is 225 Å². The third-order valence-electron chi connectivity index (χ3n) is 5.27. The minimum Gasteiger partial charge on any atom is -0.545 e. The molecule has 12 heteroatoms. The third kappa shape index (κ3) is 5.24. The fourth-order valence-electron chi connectivity index (χ4n) is 3.48. The quantitative estimate of drug-likeness (QED) is 0.418. The van der Waals surface area contributed by atoms with Crippen LogP contribution < -0.4 is 25.4 Å². The van der Waals surface area contributed by atoms with E-state index in [9.17, 15) is 24.3 Å². The summed E-state index contributed by atoms with van der Waals surface area (Å²) in [5.41, 5.74) is 0.616. The summed E-state index contributed by atoms with van der Waals surface area (Å²) in [5, 5.41) is 16.6. The van der Waals surface area contributed by atoms with Gasteiger partial charge in [-0.15, -0.1) is 0 Å². The molecule has 0 aliphatic carbocycles. The van der Waals surface area contributed by atoms with Gasteiger partial charge in [0.15, 0.2) is 0 Å². The fraction of sp³-hybridized carbons (Fsp3) is 0.0400. The summed E-state index contributed by atoms with van der Waals surface area (Å²) in [6, 6.07) is 14.5. The van der Waals surface area contributed by atoms with Gasteiger partial charge >= 0.3 is 0 Å². The van der Waals surface area contributed by atoms with Crippen molar-refractivity contribution < 1.29 is 29.0 Å². The average molecular weight is 560 g/mol. The number of hydrogen-bond donors (Lipinski definition) is 2. The summed E-state index contributed by atoms with van der Waals surface area (Å²) in [6.45, 7) is 0. The van der Waals surface area contributed by atoms with E-state index in [1.807, 2.05) is 0 Å². The Morgan fingerprint density at radius 2 is 1.65 bits per heavy atom. The number of carbonyl (C=O) groups is 4. The molecule has 0 saturated carbocycles. The Kier molecular flexibility index (Phi) is 7.40.